The lowest BCUT2D eigenvalue weighted by molar-refractivity contribution is -0.114. The summed E-state index contributed by atoms with van der Waals surface area (Å²) in [5.41, 5.74) is 3.01. The van der Waals surface area contributed by atoms with Crippen LogP contribution in [-0.4, -0.2) is 40.2 Å². The highest BCUT2D eigenvalue weighted by Crippen LogP contribution is 2.31. The highest BCUT2D eigenvalue weighted by molar-refractivity contribution is 8.27. The van der Waals surface area contributed by atoms with E-state index in [9.17, 15) is 4.79 Å². The third-order valence-corrected chi connectivity index (χ3v) is 6.23. The summed E-state index contributed by atoms with van der Waals surface area (Å²) < 4.78 is 11.5. The van der Waals surface area contributed by atoms with Gasteiger partial charge in [0.1, 0.15) is 29.8 Å². The molecular formula is C27H22N4O3S. The first-order valence-corrected chi connectivity index (χ1v) is 11.9. The number of aryl methyl sites for hydroxylation is 1. The van der Waals surface area contributed by atoms with Crippen LogP contribution < -0.4 is 9.47 Å². The first-order valence-electron chi connectivity index (χ1n) is 11.0. The molecule has 0 aromatic heterocycles. The first kappa shape index (κ1) is 22.6. The van der Waals surface area contributed by atoms with E-state index in [1.807, 2.05) is 85.8 Å². The van der Waals surface area contributed by atoms with E-state index < -0.39 is 5.91 Å². The summed E-state index contributed by atoms with van der Waals surface area (Å²) in [5.74, 6) is 1.06. The van der Waals surface area contributed by atoms with E-state index in [0.29, 0.717) is 29.2 Å². The van der Waals surface area contributed by atoms with Gasteiger partial charge in [-0.3, -0.25) is 10.2 Å². The van der Waals surface area contributed by atoms with Crippen LogP contribution in [0.3, 0.4) is 0 Å². The smallest absolute Gasteiger partial charge is 0.283 e. The van der Waals surface area contributed by atoms with E-state index in [1.54, 1.807) is 6.08 Å². The van der Waals surface area contributed by atoms with Gasteiger partial charge in [-0.2, -0.15) is 15.1 Å². The van der Waals surface area contributed by atoms with Gasteiger partial charge < -0.3 is 9.47 Å². The molecule has 3 aromatic rings. The Balaban J connectivity index is 1.22. The number of thioether (sulfide) groups is 1. The van der Waals surface area contributed by atoms with Gasteiger partial charge in [0, 0.05) is 5.56 Å². The number of ether oxygens (including phenoxy) is 2. The van der Waals surface area contributed by atoms with Crippen molar-refractivity contribution >= 4 is 39.8 Å². The van der Waals surface area contributed by atoms with Crippen molar-refractivity contribution < 1.29 is 14.3 Å². The molecule has 35 heavy (non-hydrogen) atoms. The van der Waals surface area contributed by atoms with Crippen LogP contribution in [0, 0.1) is 12.3 Å². The standard InChI is InChI=1S/C27H22N4O3S/c1-18-6-5-9-22(16-18)34-15-14-33-21-12-10-19(11-13-21)17-23-24(28)31-27(29-25(23)32)35-26(30-31)20-7-3-2-4-8-20/h2-13,16-17,28H,14-15H2,1H3. The molecule has 8 heteroatoms. The van der Waals surface area contributed by atoms with Crippen LogP contribution in [0.25, 0.3) is 6.08 Å². The lowest BCUT2D eigenvalue weighted by Crippen LogP contribution is -2.35. The van der Waals surface area contributed by atoms with E-state index in [2.05, 4.69) is 10.1 Å². The molecule has 0 atom stereocenters. The molecule has 1 N–H and O–H groups in total. The zero-order valence-electron chi connectivity index (χ0n) is 19.0. The van der Waals surface area contributed by atoms with Crippen molar-refractivity contribution in [3.63, 3.8) is 0 Å². The van der Waals surface area contributed by atoms with E-state index >= 15 is 0 Å². The molecule has 174 valence electrons. The number of rotatable bonds is 7. The van der Waals surface area contributed by atoms with Gasteiger partial charge in [-0.15, -0.1) is 0 Å². The number of aliphatic imine (C=N–C) groups is 1. The van der Waals surface area contributed by atoms with Crippen LogP contribution in [-0.2, 0) is 4.79 Å². The van der Waals surface area contributed by atoms with Crippen molar-refractivity contribution in [2.75, 3.05) is 13.2 Å². The quantitative estimate of drug-likeness (QED) is 0.373. The van der Waals surface area contributed by atoms with Crippen molar-refractivity contribution in [2.45, 2.75) is 6.92 Å². The Hall–Kier alpha value is -4.17. The topological polar surface area (TPSA) is 87.3 Å². The van der Waals surface area contributed by atoms with E-state index in [0.717, 1.165) is 22.4 Å². The Morgan fingerprint density at radius 2 is 1.69 bits per heavy atom. The maximum atomic E-state index is 12.6. The highest BCUT2D eigenvalue weighted by atomic mass is 32.2. The monoisotopic (exact) mass is 482 g/mol. The van der Waals surface area contributed by atoms with E-state index in [-0.39, 0.29) is 11.4 Å². The molecule has 2 heterocycles. The number of hydrazone groups is 1. The molecule has 3 aromatic carbocycles. The molecule has 0 fully saturated rings. The highest BCUT2D eigenvalue weighted by Gasteiger charge is 2.35. The van der Waals surface area contributed by atoms with Crippen LogP contribution in [0.4, 0.5) is 0 Å². The molecule has 7 nitrogen and oxygen atoms in total. The van der Waals surface area contributed by atoms with Gasteiger partial charge in [-0.25, -0.2) is 0 Å². The SMILES string of the molecule is Cc1cccc(OCCOc2ccc(C=C3C(=N)N4N=C(c5ccccc5)SC4=NC3=O)cc2)c1. The van der Waals surface area contributed by atoms with Crippen LogP contribution in [0.5, 0.6) is 11.5 Å². The number of benzene rings is 3. The Morgan fingerprint density at radius 3 is 2.43 bits per heavy atom. The third-order valence-electron chi connectivity index (χ3n) is 5.28. The Labute approximate surface area is 207 Å². The molecule has 5 rings (SSSR count). The van der Waals surface area contributed by atoms with E-state index in [4.69, 9.17) is 14.9 Å². The fourth-order valence-electron chi connectivity index (χ4n) is 3.54. The van der Waals surface area contributed by atoms with Crippen LogP contribution in [0.2, 0.25) is 0 Å². The molecule has 0 unspecified atom stereocenters. The van der Waals surface area contributed by atoms with Gasteiger partial charge in [-0.1, -0.05) is 54.6 Å². The van der Waals surface area contributed by atoms with Gasteiger partial charge in [0.2, 0.25) is 5.17 Å². The average molecular weight is 483 g/mol. The summed E-state index contributed by atoms with van der Waals surface area (Å²) in [6.07, 6.45) is 1.65. The molecule has 0 radical (unpaired) electrons. The van der Waals surface area contributed by atoms with Crippen LogP contribution >= 0.6 is 11.8 Å². The Kier molecular flexibility index (Phi) is 6.45. The maximum Gasteiger partial charge on any atom is 0.283 e. The zero-order chi connectivity index (χ0) is 24.2. The number of carbonyl (C=O) groups excluding carboxylic acids is 1. The minimum Gasteiger partial charge on any atom is -0.490 e. The Morgan fingerprint density at radius 1 is 0.943 bits per heavy atom. The number of hydrogen-bond donors (Lipinski definition) is 1. The van der Waals surface area contributed by atoms with Gasteiger partial charge in [0.25, 0.3) is 5.91 Å². The lowest BCUT2D eigenvalue weighted by atomic mass is 10.1. The normalized spacial score (nSPS) is 16.1. The predicted molar refractivity (Wildman–Crippen MR) is 139 cm³/mol. The molecule has 2 aliphatic heterocycles. The molecule has 1 amide bonds. The summed E-state index contributed by atoms with van der Waals surface area (Å²) in [5, 5.41) is 15.6. The Bertz CT molecular complexity index is 1360. The second-order valence-corrected chi connectivity index (χ2v) is 8.83. The van der Waals surface area contributed by atoms with Gasteiger partial charge in [0.15, 0.2) is 5.84 Å². The maximum absolute atomic E-state index is 12.6. The summed E-state index contributed by atoms with van der Waals surface area (Å²) in [6.45, 7) is 2.86. The molecule has 0 aliphatic carbocycles. The molecular weight excluding hydrogens is 460 g/mol. The molecule has 0 spiro atoms. The second kappa shape index (κ2) is 9.99. The van der Waals surface area contributed by atoms with Crippen molar-refractivity contribution in [2.24, 2.45) is 10.1 Å². The number of hydrogen-bond acceptors (Lipinski definition) is 6. The van der Waals surface area contributed by atoms with Crippen molar-refractivity contribution in [1.82, 2.24) is 5.01 Å². The fourth-order valence-corrected chi connectivity index (χ4v) is 4.44. The molecule has 0 bridgehead atoms. The van der Waals surface area contributed by atoms with Gasteiger partial charge in [0.05, 0.1) is 5.57 Å². The minimum atomic E-state index is -0.452. The average Bonchev–Trinajstić information content (AvgIpc) is 3.30. The summed E-state index contributed by atoms with van der Waals surface area (Å²) in [6, 6.07) is 24.8. The summed E-state index contributed by atoms with van der Waals surface area (Å²) >= 11 is 1.28. The first-order chi connectivity index (χ1) is 17.1. The number of nitrogens with one attached hydrogen (secondary N) is 1. The minimum absolute atomic E-state index is 0.00653. The van der Waals surface area contributed by atoms with Crippen LogP contribution in [0.1, 0.15) is 16.7 Å². The molecule has 0 saturated carbocycles. The van der Waals surface area contributed by atoms with Gasteiger partial charge >= 0.3 is 0 Å². The van der Waals surface area contributed by atoms with E-state index in [1.165, 1.54) is 16.8 Å². The second-order valence-electron chi connectivity index (χ2n) is 7.87. The summed E-state index contributed by atoms with van der Waals surface area (Å²) in [4.78, 5) is 16.8. The number of amides is 1. The largest absolute Gasteiger partial charge is 0.490 e. The number of carbonyl (C=O) groups is 1. The molecule has 2 aliphatic rings. The van der Waals surface area contributed by atoms with Crippen molar-refractivity contribution in [1.29, 1.82) is 5.41 Å². The van der Waals surface area contributed by atoms with Crippen LogP contribution in [0.15, 0.2) is 94.5 Å². The zero-order valence-corrected chi connectivity index (χ0v) is 19.8. The number of fused-ring (bicyclic) bond motifs is 1. The van der Waals surface area contributed by atoms with Gasteiger partial charge in [-0.05, 0) is 60.2 Å². The van der Waals surface area contributed by atoms with Crippen molar-refractivity contribution in [3.05, 3.63) is 101 Å². The predicted octanol–water partition coefficient (Wildman–Crippen LogP) is 5.12. The summed E-state index contributed by atoms with van der Waals surface area (Å²) in [7, 11) is 0. The number of amidine groups is 2. The third kappa shape index (κ3) is 5.17. The number of nitrogens with zero attached hydrogens (tertiary/aromatic N) is 3. The lowest BCUT2D eigenvalue weighted by Gasteiger charge is -2.20. The molecule has 0 saturated heterocycles. The fraction of sp³-hybridized carbons (Fsp3) is 0.111. The van der Waals surface area contributed by atoms with Crippen molar-refractivity contribution in [3.8, 4) is 11.5 Å².